The molecule has 0 radical (unpaired) electrons. The molecule has 0 heteroatoms. The van der Waals surface area contributed by atoms with E-state index >= 15 is 0 Å². The van der Waals surface area contributed by atoms with E-state index in [-0.39, 0.29) is 0 Å². The Labute approximate surface area is 83.1 Å². The summed E-state index contributed by atoms with van der Waals surface area (Å²) in [6.07, 6.45) is 10.6. The van der Waals surface area contributed by atoms with E-state index in [0.29, 0.717) is 0 Å². The normalized spacial score (nSPS) is 42.5. The fraction of sp³-hybridized carbons (Fsp3) is 1.00. The van der Waals surface area contributed by atoms with Crippen molar-refractivity contribution in [1.29, 1.82) is 0 Å². The van der Waals surface area contributed by atoms with Crippen LogP contribution in [-0.2, 0) is 0 Å². The molecule has 0 N–H and O–H groups in total. The fourth-order valence-corrected chi connectivity index (χ4v) is 3.92. The molecule has 0 heterocycles. The van der Waals surface area contributed by atoms with Crippen molar-refractivity contribution in [3.05, 3.63) is 0 Å². The first-order chi connectivity index (χ1) is 6.29. The summed E-state index contributed by atoms with van der Waals surface area (Å²) in [5.74, 6) is 4.23. The summed E-state index contributed by atoms with van der Waals surface area (Å²) >= 11 is 0. The van der Waals surface area contributed by atoms with Crippen LogP contribution in [0.25, 0.3) is 0 Å². The minimum absolute atomic E-state index is 1.03. The molecule has 0 spiro atoms. The monoisotopic (exact) mass is 180 g/mol. The van der Waals surface area contributed by atoms with E-state index < -0.39 is 0 Å². The van der Waals surface area contributed by atoms with Crippen LogP contribution >= 0.6 is 0 Å². The van der Waals surface area contributed by atoms with E-state index in [1.165, 1.54) is 32.1 Å². The molecule has 2 aliphatic rings. The van der Waals surface area contributed by atoms with Crippen LogP contribution in [0.3, 0.4) is 0 Å². The summed E-state index contributed by atoms with van der Waals surface area (Å²) < 4.78 is 0. The Morgan fingerprint density at radius 1 is 0.692 bits per heavy atom. The summed E-state index contributed by atoms with van der Waals surface area (Å²) in [5.41, 5.74) is 0. The molecule has 0 saturated heterocycles. The van der Waals surface area contributed by atoms with Gasteiger partial charge in [-0.25, -0.2) is 0 Å². The maximum atomic E-state index is 2.49. The molecule has 2 fully saturated rings. The number of hydrogen-bond donors (Lipinski definition) is 0. The fourth-order valence-electron chi connectivity index (χ4n) is 3.92. The Morgan fingerprint density at radius 3 is 1.77 bits per heavy atom. The van der Waals surface area contributed by atoms with Gasteiger partial charge in [-0.05, 0) is 23.7 Å². The van der Waals surface area contributed by atoms with E-state index in [9.17, 15) is 0 Å². The molecule has 0 aliphatic heterocycles. The maximum Gasteiger partial charge on any atom is -0.0334 e. The third kappa shape index (κ3) is 1.92. The SMILES string of the molecule is CC1CCC(C)C1C1CCCCC1. The lowest BCUT2D eigenvalue weighted by Gasteiger charge is -2.33. The molecule has 0 aromatic heterocycles. The van der Waals surface area contributed by atoms with Gasteiger partial charge in [-0.3, -0.25) is 0 Å². The van der Waals surface area contributed by atoms with Gasteiger partial charge in [-0.1, -0.05) is 58.8 Å². The van der Waals surface area contributed by atoms with Gasteiger partial charge in [-0.15, -0.1) is 0 Å². The minimum Gasteiger partial charge on any atom is -0.0622 e. The molecule has 2 aliphatic carbocycles. The molecule has 13 heavy (non-hydrogen) atoms. The van der Waals surface area contributed by atoms with E-state index in [1.54, 1.807) is 12.8 Å². The zero-order valence-corrected chi connectivity index (χ0v) is 9.26. The van der Waals surface area contributed by atoms with E-state index in [0.717, 1.165) is 23.7 Å². The van der Waals surface area contributed by atoms with Crippen LogP contribution < -0.4 is 0 Å². The molecule has 0 aromatic carbocycles. The van der Waals surface area contributed by atoms with Crippen molar-refractivity contribution in [2.45, 2.75) is 58.8 Å². The first-order valence-electron chi connectivity index (χ1n) is 6.29. The van der Waals surface area contributed by atoms with Crippen molar-refractivity contribution < 1.29 is 0 Å². The molecule has 2 saturated carbocycles. The van der Waals surface area contributed by atoms with E-state index in [1.807, 2.05) is 0 Å². The quantitative estimate of drug-likeness (QED) is 0.566. The highest BCUT2D eigenvalue weighted by Gasteiger charge is 2.36. The van der Waals surface area contributed by atoms with Crippen LogP contribution in [0.2, 0.25) is 0 Å². The third-order valence-corrected chi connectivity index (χ3v) is 4.59. The average Bonchev–Trinajstić information content (AvgIpc) is 2.48. The van der Waals surface area contributed by atoms with E-state index in [2.05, 4.69) is 13.8 Å². The van der Waals surface area contributed by atoms with Crippen molar-refractivity contribution in [2.24, 2.45) is 23.7 Å². The standard InChI is InChI=1S/C13H24/c1-10-8-9-11(2)13(10)12-6-4-3-5-7-12/h10-13H,3-9H2,1-2H3. The summed E-state index contributed by atoms with van der Waals surface area (Å²) in [6, 6.07) is 0. The van der Waals surface area contributed by atoms with E-state index in [4.69, 9.17) is 0 Å². The Morgan fingerprint density at radius 2 is 1.23 bits per heavy atom. The first-order valence-corrected chi connectivity index (χ1v) is 6.29. The lowest BCUT2D eigenvalue weighted by Crippen LogP contribution is -2.24. The molecule has 2 atom stereocenters. The lowest BCUT2D eigenvalue weighted by atomic mass is 9.73. The minimum atomic E-state index is 1.03. The second-order valence-electron chi connectivity index (χ2n) is 5.51. The van der Waals surface area contributed by atoms with Crippen LogP contribution in [0.5, 0.6) is 0 Å². The maximum absolute atomic E-state index is 2.49. The molecule has 2 rings (SSSR count). The van der Waals surface area contributed by atoms with Crippen LogP contribution in [0, 0.1) is 23.7 Å². The van der Waals surface area contributed by atoms with Crippen LogP contribution in [0.1, 0.15) is 58.8 Å². The highest BCUT2D eigenvalue weighted by atomic mass is 14.4. The summed E-state index contributed by atoms with van der Waals surface area (Å²) in [4.78, 5) is 0. The third-order valence-electron chi connectivity index (χ3n) is 4.59. The van der Waals surface area contributed by atoms with Gasteiger partial charge in [0.15, 0.2) is 0 Å². The zero-order chi connectivity index (χ0) is 9.26. The molecule has 0 bridgehead atoms. The molecule has 0 amide bonds. The lowest BCUT2D eigenvalue weighted by molar-refractivity contribution is 0.174. The summed E-state index contributed by atoms with van der Waals surface area (Å²) in [6.45, 7) is 4.98. The predicted octanol–water partition coefficient (Wildman–Crippen LogP) is 4.25. The van der Waals surface area contributed by atoms with Crippen LogP contribution in [-0.4, -0.2) is 0 Å². The van der Waals surface area contributed by atoms with Gasteiger partial charge < -0.3 is 0 Å². The van der Waals surface area contributed by atoms with Crippen molar-refractivity contribution >= 4 is 0 Å². The molecule has 2 unspecified atom stereocenters. The Kier molecular flexibility index (Phi) is 2.96. The molecule has 76 valence electrons. The summed E-state index contributed by atoms with van der Waals surface area (Å²) in [7, 11) is 0. The number of hydrogen-bond acceptors (Lipinski definition) is 0. The molecular weight excluding hydrogens is 156 g/mol. The van der Waals surface area contributed by atoms with Gasteiger partial charge >= 0.3 is 0 Å². The molecular formula is C13H24. The topological polar surface area (TPSA) is 0 Å². The highest BCUT2D eigenvalue weighted by Crippen LogP contribution is 2.45. The largest absolute Gasteiger partial charge is 0.0622 e. The predicted molar refractivity (Wildman–Crippen MR) is 57.6 cm³/mol. The smallest absolute Gasteiger partial charge is 0.0334 e. The van der Waals surface area contributed by atoms with Gasteiger partial charge in [0.2, 0.25) is 0 Å². The Hall–Kier alpha value is 0. The molecule has 0 aromatic rings. The van der Waals surface area contributed by atoms with Gasteiger partial charge in [0.1, 0.15) is 0 Å². The van der Waals surface area contributed by atoms with Crippen LogP contribution in [0.4, 0.5) is 0 Å². The van der Waals surface area contributed by atoms with Crippen LogP contribution in [0.15, 0.2) is 0 Å². The van der Waals surface area contributed by atoms with Gasteiger partial charge in [0.05, 0.1) is 0 Å². The van der Waals surface area contributed by atoms with Crippen molar-refractivity contribution in [3.8, 4) is 0 Å². The van der Waals surface area contributed by atoms with Gasteiger partial charge in [-0.2, -0.15) is 0 Å². The van der Waals surface area contributed by atoms with Crippen molar-refractivity contribution in [1.82, 2.24) is 0 Å². The first kappa shape index (κ1) is 9.55. The second-order valence-corrected chi connectivity index (χ2v) is 5.51. The van der Waals surface area contributed by atoms with Crippen molar-refractivity contribution in [2.75, 3.05) is 0 Å². The second kappa shape index (κ2) is 4.02. The number of rotatable bonds is 1. The molecule has 0 nitrogen and oxygen atoms in total. The summed E-state index contributed by atoms with van der Waals surface area (Å²) in [5, 5.41) is 0. The average molecular weight is 180 g/mol. The van der Waals surface area contributed by atoms with Gasteiger partial charge in [0, 0.05) is 0 Å². The van der Waals surface area contributed by atoms with Gasteiger partial charge in [0.25, 0.3) is 0 Å². The Bertz CT molecular complexity index is 145. The highest BCUT2D eigenvalue weighted by molar-refractivity contribution is 4.86. The Balaban J connectivity index is 1.96. The van der Waals surface area contributed by atoms with Crippen molar-refractivity contribution in [3.63, 3.8) is 0 Å². The zero-order valence-electron chi connectivity index (χ0n) is 9.26.